The number of nitrogens with one attached hydrogen (secondary N) is 1. The van der Waals surface area contributed by atoms with Crippen molar-refractivity contribution in [3.63, 3.8) is 0 Å². The number of piperidine rings is 1. The monoisotopic (exact) mass is 305 g/mol. The third kappa shape index (κ3) is 6.42. The van der Waals surface area contributed by atoms with Crippen molar-refractivity contribution in [3.05, 3.63) is 0 Å². The highest BCUT2D eigenvalue weighted by Crippen LogP contribution is 2.17. The van der Waals surface area contributed by atoms with Gasteiger partial charge in [0.15, 0.2) is 0 Å². The molecule has 0 radical (unpaired) electrons. The first-order chi connectivity index (χ1) is 9.06. The number of nitrogens with two attached hydrogens (primary N) is 1. The van der Waals surface area contributed by atoms with Gasteiger partial charge in [-0.3, -0.25) is 9.69 Å². The molecule has 1 fully saturated rings. The van der Waals surface area contributed by atoms with Gasteiger partial charge in [-0.2, -0.15) is 0 Å². The minimum atomic E-state index is -0.382. The van der Waals surface area contributed by atoms with E-state index in [1.807, 2.05) is 13.8 Å². The van der Waals surface area contributed by atoms with Crippen molar-refractivity contribution in [1.82, 2.24) is 10.2 Å². The predicted molar refractivity (Wildman–Crippen MR) is 87.2 cm³/mol. The lowest BCUT2D eigenvalue weighted by Gasteiger charge is -2.36. The van der Waals surface area contributed by atoms with Crippen molar-refractivity contribution in [2.45, 2.75) is 65.0 Å². The molecular weight excluding hydrogens is 274 g/mol. The van der Waals surface area contributed by atoms with Gasteiger partial charge in [-0.1, -0.05) is 33.6 Å². The maximum absolute atomic E-state index is 11.9. The van der Waals surface area contributed by atoms with Gasteiger partial charge in [-0.15, -0.1) is 12.4 Å². The van der Waals surface area contributed by atoms with Crippen molar-refractivity contribution in [2.75, 3.05) is 19.6 Å². The summed E-state index contributed by atoms with van der Waals surface area (Å²) in [7, 11) is 0. The molecule has 3 N–H and O–H groups in total. The fraction of sp³-hybridized carbons (Fsp3) is 0.933. The summed E-state index contributed by atoms with van der Waals surface area (Å²) < 4.78 is 0. The van der Waals surface area contributed by atoms with Gasteiger partial charge in [0.05, 0.1) is 6.04 Å². The SMILES string of the molecule is CCCCN1CCCCC1CNC(=O)[C@@H](N)C(C)C.Cl. The van der Waals surface area contributed by atoms with Crippen LogP contribution < -0.4 is 11.1 Å². The van der Waals surface area contributed by atoms with Gasteiger partial charge in [-0.25, -0.2) is 0 Å². The number of hydrogen-bond donors (Lipinski definition) is 2. The van der Waals surface area contributed by atoms with Gasteiger partial charge >= 0.3 is 0 Å². The van der Waals surface area contributed by atoms with Crippen LogP contribution in [0.15, 0.2) is 0 Å². The Balaban J connectivity index is 0.00000361. The summed E-state index contributed by atoms with van der Waals surface area (Å²) in [5.41, 5.74) is 5.86. The van der Waals surface area contributed by atoms with Crippen LogP contribution in [-0.4, -0.2) is 42.5 Å². The lowest BCUT2D eigenvalue weighted by Crippen LogP contribution is -2.51. The van der Waals surface area contributed by atoms with E-state index in [0.717, 1.165) is 13.1 Å². The van der Waals surface area contributed by atoms with Gasteiger partial charge in [0.1, 0.15) is 0 Å². The van der Waals surface area contributed by atoms with Crippen molar-refractivity contribution < 1.29 is 4.79 Å². The predicted octanol–water partition coefficient (Wildman–Crippen LogP) is 2.16. The Hall–Kier alpha value is -0.320. The topological polar surface area (TPSA) is 58.4 Å². The number of halogens is 1. The number of unbranched alkanes of at least 4 members (excludes halogenated alkanes) is 1. The molecule has 120 valence electrons. The Morgan fingerprint density at radius 3 is 2.70 bits per heavy atom. The molecule has 1 saturated heterocycles. The van der Waals surface area contributed by atoms with Crippen LogP contribution in [0.1, 0.15) is 52.9 Å². The summed E-state index contributed by atoms with van der Waals surface area (Å²) in [5, 5.41) is 3.03. The molecule has 1 amide bonds. The first kappa shape index (κ1) is 19.7. The second kappa shape index (κ2) is 10.4. The van der Waals surface area contributed by atoms with Gasteiger partial charge in [0.25, 0.3) is 0 Å². The Labute approximate surface area is 130 Å². The summed E-state index contributed by atoms with van der Waals surface area (Å²) in [4.78, 5) is 14.4. The normalized spacial score (nSPS) is 21.4. The average molecular weight is 306 g/mol. The summed E-state index contributed by atoms with van der Waals surface area (Å²) in [5.74, 6) is 0.193. The maximum atomic E-state index is 11.9. The van der Waals surface area contributed by atoms with Crippen molar-refractivity contribution in [1.29, 1.82) is 0 Å². The minimum absolute atomic E-state index is 0. The Morgan fingerprint density at radius 1 is 1.40 bits per heavy atom. The third-order valence-corrected chi connectivity index (χ3v) is 4.08. The van der Waals surface area contributed by atoms with Crippen LogP contribution in [0.4, 0.5) is 0 Å². The Kier molecular flexibility index (Phi) is 10.2. The summed E-state index contributed by atoms with van der Waals surface area (Å²) in [6.45, 7) is 9.28. The first-order valence-corrected chi connectivity index (χ1v) is 7.83. The summed E-state index contributed by atoms with van der Waals surface area (Å²) >= 11 is 0. The molecule has 0 saturated carbocycles. The van der Waals surface area contributed by atoms with E-state index in [2.05, 4.69) is 17.1 Å². The lowest BCUT2D eigenvalue weighted by atomic mass is 10.0. The molecule has 2 atom stereocenters. The average Bonchev–Trinajstić information content (AvgIpc) is 2.42. The standard InChI is InChI=1S/C15H31N3O.ClH/c1-4-5-9-18-10-7-6-8-13(18)11-17-15(19)14(16)12(2)3;/h12-14H,4-11,16H2,1-3H3,(H,17,19);1H/t13?,14-;/m0./s1. The number of carbonyl (C=O) groups excluding carboxylic acids is 1. The van der Waals surface area contributed by atoms with Crippen LogP contribution in [-0.2, 0) is 4.79 Å². The number of carbonyl (C=O) groups is 1. The van der Waals surface area contributed by atoms with Gasteiger partial charge in [0, 0.05) is 12.6 Å². The van der Waals surface area contributed by atoms with Gasteiger partial charge in [-0.05, 0) is 38.3 Å². The quantitative estimate of drug-likeness (QED) is 0.758. The van der Waals surface area contributed by atoms with Crippen LogP contribution in [0, 0.1) is 5.92 Å². The van der Waals surface area contributed by atoms with E-state index in [9.17, 15) is 4.79 Å². The lowest BCUT2D eigenvalue weighted by molar-refractivity contribution is -0.123. The highest BCUT2D eigenvalue weighted by Gasteiger charge is 2.23. The molecule has 1 aliphatic heterocycles. The van der Waals surface area contributed by atoms with Crippen LogP contribution in [0.3, 0.4) is 0 Å². The van der Waals surface area contributed by atoms with Crippen LogP contribution in [0.25, 0.3) is 0 Å². The van der Waals surface area contributed by atoms with E-state index in [1.54, 1.807) is 0 Å². The van der Waals surface area contributed by atoms with Gasteiger partial charge in [0.2, 0.25) is 5.91 Å². The summed E-state index contributed by atoms with van der Waals surface area (Å²) in [6, 6.07) is 0.122. The maximum Gasteiger partial charge on any atom is 0.237 e. The van der Waals surface area contributed by atoms with Crippen LogP contribution in [0.2, 0.25) is 0 Å². The zero-order valence-corrected chi connectivity index (χ0v) is 14.0. The minimum Gasteiger partial charge on any atom is -0.353 e. The second-order valence-corrected chi connectivity index (χ2v) is 6.05. The fourth-order valence-electron chi connectivity index (χ4n) is 2.59. The molecule has 0 spiro atoms. The van der Waals surface area contributed by atoms with E-state index in [1.165, 1.54) is 38.6 Å². The Bertz CT molecular complexity index is 274. The molecule has 1 unspecified atom stereocenters. The van der Waals surface area contributed by atoms with E-state index in [-0.39, 0.29) is 30.3 Å². The van der Waals surface area contributed by atoms with Crippen molar-refractivity contribution in [2.24, 2.45) is 11.7 Å². The fourth-order valence-corrected chi connectivity index (χ4v) is 2.59. The molecule has 5 heteroatoms. The molecule has 0 bridgehead atoms. The molecule has 0 aliphatic carbocycles. The summed E-state index contributed by atoms with van der Waals surface area (Å²) in [6.07, 6.45) is 6.24. The molecule has 1 aliphatic rings. The second-order valence-electron chi connectivity index (χ2n) is 6.05. The van der Waals surface area contributed by atoms with E-state index in [0.29, 0.717) is 6.04 Å². The Morgan fingerprint density at radius 2 is 2.10 bits per heavy atom. The molecular formula is C15H32ClN3O. The van der Waals surface area contributed by atoms with Crippen molar-refractivity contribution in [3.8, 4) is 0 Å². The zero-order chi connectivity index (χ0) is 14.3. The molecule has 0 aromatic heterocycles. The number of hydrogen-bond acceptors (Lipinski definition) is 3. The van der Waals surface area contributed by atoms with E-state index < -0.39 is 0 Å². The van der Waals surface area contributed by atoms with E-state index in [4.69, 9.17) is 5.73 Å². The molecule has 0 aromatic carbocycles. The number of rotatable bonds is 7. The smallest absolute Gasteiger partial charge is 0.237 e. The number of likely N-dealkylation sites (tertiary alicyclic amines) is 1. The number of amides is 1. The van der Waals surface area contributed by atoms with E-state index >= 15 is 0 Å². The molecule has 1 heterocycles. The molecule has 4 nitrogen and oxygen atoms in total. The van der Waals surface area contributed by atoms with Crippen LogP contribution >= 0.6 is 12.4 Å². The van der Waals surface area contributed by atoms with Gasteiger partial charge < -0.3 is 11.1 Å². The van der Waals surface area contributed by atoms with Crippen LogP contribution in [0.5, 0.6) is 0 Å². The largest absolute Gasteiger partial charge is 0.353 e. The molecule has 1 rings (SSSR count). The number of nitrogens with zero attached hydrogens (tertiary/aromatic N) is 1. The third-order valence-electron chi connectivity index (χ3n) is 4.08. The highest BCUT2D eigenvalue weighted by molar-refractivity contribution is 5.85. The highest BCUT2D eigenvalue weighted by atomic mass is 35.5. The molecule has 20 heavy (non-hydrogen) atoms. The molecule has 0 aromatic rings. The van der Waals surface area contributed by atoms with Crippen molar-refractivity contribution >= 4 is 18.3 Å². The first-order valence-electron chi connectivity index (χ1n) is 7.83. The zero-order valence-electron chi connectivity index (χ0n) is 13.2.